The van der Waals surface area contributed by atoms with Gasteiger partial charge in [-0.05, 0) is 36.4 Å². The zero-order valence-electron chi connectivity index (χ0n) is 13.1. The number of piperidine rings is 1. The fraction of sp³-hybridized carbons (Fsp3) is 0.278. The van der Waals surface area contributed by atoms with Crippen LogP contribution in [-0.4, -0.2) is 33.0 Å². The summed E-state index contributed by atoms with van der Waals surface area (Å²) in [6.07, 6.45) is 3.99. The fourth-order valence-corrected chi connectivity index (χ4v) is 4.31. The van der Waals surface area contributed by atoms with Gasteiger partial charge in [0.15, 0.2) is 0 Å². The minimum atomic E-state index is 0.412. The van der Waals surface area contributed by atoms with Crippen LogP contribution in [0.2, 0.25) is 0 Å². The molecular formula is C18H17N5S. The van der Waals surface area contributed by atoms with Crippen LogP contribution >= 0.6 is 11.3 Å². The predicted octanol–water partition coefficient (Wildman–Crippen LogP) is 3.95. The Morgan fingerprint density at radius 1 is 1.17 bits per heavy atom. The van der Waals surface area contributed by atoms with E-state index in [1.165, 1.54) is 0 Å². The molecule has 0 saturated carbocycles. The molecule has 1 aliphatic rings. The van der Waals surface area contributed by atoms with Crippen LogP contribution in [0.25, 0.3) is 21.3 Å². The van der Waals surface area contributed by atoms with Gasteiger partial charge in [0.1, 0.15) is 22.8 Å². The number of aromatic nitrogens is 4. The lowest BCUT2D eigenvalue weighted by Gasteiger charge is -2.33. The van der Waals surface area contributed by atoms with E-state index in [2.05, 4.69) is 43.4 Å². The number of rotatable bonds is 2. The zero-order valence-corrected chi connectivity index (χ0v) is 14.0. The topological polar surface area (TPSA) is 57.7 Å². The molecule has 4 heterocycles. The van der Waals surface area contributed by atoms with E-state index in [1.54, 1.807) is 17.7 Å². The summed E-state index contributed by atoms with van der Waals surface area (Å²) in [5, 5.41) is 3.25. The third-order valence-corrected chi connectivity index (χ3v) is 5.58. The number of hydrogen-bond acceptors (Lipinski definition) is 5. The van der Waals surface area contributed by atoms with Gasteiger partial charge in [-0.25, -0.2) is 15.0 Å². The quantitative estimate of drug-likeness (QED) is 0.602. The summed E-state index contributed by atoms with van der Waals surface area (Å²) in [6.45, 7) is 1.99. The monoisotopic (exact) mass is 335 g/mol. The number of H-pyrrole nitrogens is 1. The van der Waals surface area contributed by atoms with Gasteiger partial charge >= 0.3 is 0 Å². The Hall–Kier alpha value is -2.47. The molecule has 4 aromatic rings. The molecule has 0 unspecified atom stereocenters. The number of nitrogens with one attached hydrogen (secondary N) is 1. The maximum absolute atomic E-state index is 4.80. The Balaban J connectivity index is 1.48. The lowest BCUT2D eigenvalue weighted by molar-refractivity contribution is 0.493. The van der Waals surface area contributed by atoms with E-state index in [9.17, 15) is 0 Å². The average molecular weight is 335 g/mol. The third-order valence-electron chi connectivity index (χ3n) is 4.76. The molecule has 1 atom stereocenters. The maximum Gasteiger partial charge on any atom is 0.140 e. The molecule has 3 aromatic heterocycles. The summed E-state index contributed by atoms with van der Waals surface area (Å²) in [5.41, 5.74) is 2.17. The van der Waals surface area contributed by atoms with Crippen molar-refractivity contribution in [1.82, 2.24) is 19.9 Å². The molecule has 120 valence electrons. The summed E-state index contributed by atoms with van der Waals surface area (Å²) in [7, 11) is 0. The van der Waals surface area contributed by atoms with E-state index < -0.39 is 0 Å². The van der Waals surface area contributed by atoms with Crippen molar-refractivity contribution in [3.63, 3.8) is 0 Å². The molecule has 5 nitrogen and oxygen atoms in total. The lowest BCUT2D eigenvalue weighted by atomic mass is 9.97. The highest BCUT2D eigenvalue weighted by atomic mass is 32.1. The summed E-state index contributed by atoms with van der Waals surface area (Å²) >= 11 is 1.67. The van der Waals surface area contributed by atoms with E-state index >= 15 is 0 Å². The molecular weight excluding hydrogens is 318 g/mol. The van der Waals surface area contributed by atoms with Crippen molar-refractivity contribution in [1.29, 1.82) is 0 Å². The molecule has 24 heavy (non-hydrogen) atoms. The first-order valence-electron chi connectivity index (χ1n) is 8.26. The molecule has 0 spiro atoms. The number of fused-ring (bicyclic) bond motifs is 2. The van der Waals surface area contributed by atoms with Crippen LogP contribution in [0.1, 0.15) is 24.6 Å². The Kier molecular flexibility index (Phi) is 3.23. The Morgan fingerprint density at radius 2 is 2.12 bits per heavy atom. The van der Waals surface area contributed by atoms with Crippen molar-refractivity contribution in [2.75, 3.05) is 18.0 Å². The number of imidazole rings is 1. The molecule has 5 rings (SSSR count). The molecule has 0 bridgehead atoms. The SMILES string of the molecule is c1ccc2[nH]c([C@H]3CCCN(c4ncnc5sccc45)C3)nc2c1. The first kappa shape index (κ1) is 13.9. The van der Waals surface area contributed by atoms with Gasteiger partial charge in [-0.2, -0.15) is 0 Å². The minimum absolute atomic E-state index is 0.412. The smallest absolute Gasteiger partial charge is 0.140 e. The number of hydrogen-bond donors (Lipinski definition) is 1. The number of thiophene rings is 1. The second-order valence-electron chi connectivity index (χ2n) is 6.26. The molecule has 6 heteroatoms. The summed E-state index contributed by atoms with van der Waals surface area (Å²) in [4.78, 5) is 20.7. The highest BCUT2D eigenvalue weighted by Gasteiger charge is 2.25. The predicted molar refractivity (Wildman–Crippen MR) is 97.7 cm³/mol. The van der Waals surface area contributed by atoms with Crippen molar-refractivity contribution < 1.29 is 0 Å². The number of anilines is 1. The van der Waals surface area contributed by atoms with E-state index in [4.69, 9.17) is 4.98 Å². The summed E-state index contributed by atoms with van der Waals surface area (Å²) in [5.74, 6) is 2.56. The van der Waals surface area contributed by atoms with Gasteiger partial charge < -0.3 is 9.88 Å². The first-order chi connectivity index (χ1) is 11.9. The van der Waals surface area contributed by atoms with Crippen molar-refractivity contribution >= 4 is 38.4 Å². The van der Waals surface area contributed by atoms with Crippen molar-refractivity contribution in [2.45, 2.75) is 18.8 Å². The summed E-state index contributed by atoms with van der Waals surface area (Å²) in [6, 6.07) is 10.4. The molecule has 1 aromatic carbocycles. The van der Waals surface area contributed by atoms with Crippen LogP contribution < -0.4 is 4.90 Å². The minimum Gasteiger partial charge on any atom is -0.355 e. The number of benzene rings is 1. The van der Waals surface area contributed by atoms with E-state index in [0.29, 0.717) is 5.92 Å². The van der Waals surface area contributed by atoms with Gasteiger partial charge in [0.25, 0.3) is 0 Å². The van der Waals surface area contributed by atoms with Crippen molar-refractivity contribution in [3.05, 3.63) is 47.9 Å². The van der Waals surface area contributed by atoms with Gasteiger partial charge in [0.05, 0.1) is 16.4 Å². The largest absolute Gasteiger partial charge is 0.355 e. The van der Waals surface area contributed by atoms with Gasteiger partial charge in [0.2, 0.25) is 0 Å². The number of aromatic amines is 1. The molecule has 1 saturated heterocycles. The van der Waals surface area contributed by atoms with Crippen LogP contribution in [0.3, 0.4) is 0 Å². The molecule has 0 radical (unpaired) electrons. The highest BCUT2D eigenvalue weighted by Crippen LogP contribution is 2.33. The fourth-order valence-electron chi connectivity index (χ4n) is 3.59. The zero-order chi connectivity index (χ0) is 15.9. The van der Waals surface area contributed by atoms with E-state index in [-0.39, 0.29) is 0 Å². The van der Waals surface area contributed by atoms with E-state index in [0.717, 1.165) is 58.8 Å². The maximum atomic E-state index is 4.80. The van der Waals surface area contributed by atoms with Crippen molar-refractivity contribution in [3.8, 4) is 0 Å². The Morgan fingerprint density at radius 3 is 3.08 bits per heavy atom. The molecule has 0 aliphatic carbocycles. The third kappa shape index (κ3) is 2.26. The van der Waals surface area contributed by atoms with Crippen LogP contribution in [0.15, 0.2) is 42.0 Å². The van der Waals surface area contributed by atoms with Crippen LogP contribution in [0, 0.1) is 0 Å². The van der Waals surface area contributed by atoms with Gasteiger partial charge in [-0.1, -0.05) is 12.1 Å². The van der Waals surface area contributed by atoms with Crippen molar-refractivity contribution in [2.24, 2.45) is 0 Å². The second kappa shape index (κ2) is 5.56. The van der Waals surface area contributed by atoms with Crippen LogP contribution in [0.5, 0.6) is 0 Å². The summed E-state index contributed by atoms with van der Waals surface area (Å²) < 4.78 is 0. The number of nitrogens with zero attached hydrogens (tertiary/aromatic N) is 4. The molecule has 1 N–H and O–H groups in total. The molecule has 1 aliphatic heterocycles. The normalized spacial score (nSPS) is 18.5. The average Bonchev–Trinajstić information content (AvgIpc) is 3.28. The number of para-hydroxylation sites is 2. The van der Waals surface area contributed by atoms with E-state index in [1.807, 2.05) is 12.1 Å². The second-order valence-corrected chi connectivity index (χ2v) is 7.16. The van der Waals surface area contributed by atoms with Gasteiger partial charge in [-0.15, -0.1) is 11.3 Å². The highest BCUT2D eigenvalue weighted by molar-refractivity contribution is 7.16. The van der Waals surface area contributed by atoms with Crippen LogP contribution in [-0.2, 0) is 0 Å². The van der Waals surface area contributed by atoms with Crippen LogP contribution in [0.4, 0.5) is 5.82 Å². The first-order valence-corrected chi connectivity index (χ1v) is 9.14. The Labute approximate surface area is 143 Å². The van der Waals surface area contributed by atoms with Gasteiger partial charge in [-0.3, -0.25) is 0 Å². The Bertz CT molecular complexity index is 972. The lowest BCUT2D eigenvalue weighted by Crippen LogP contribution is -2.35. The standard InChI is InChI=1S/C18H17N5S/c1-2-6-15-14(5-1)21-16(22-15)12-4-3-8-23(10-12)17-13-7-9-24-18(13)20-11-19-17/h1-2,5-7,9,11-12H,3-4,8,10H2,(H,21,22)/t12-/m0/s1. The molecule has 0 amide bonds. The van der Waals surface area contributed by atoms with Gasteiger partial charge in [0, 0.05) is 19.0 Å². The molecule has 1 fully saturated rings.